The van der Waals surface area contributed by atoms with Crippen LogP contribution in [0.25, 0.3) is 4.96 Å². The standard InChI is InChI=1S/C9H13N3S/c1-2-3-7-8(6-10)13-9-11-4-5-12(7)9/h4-5H,2-3,6,10H2,1H3. The second kappa shape index (κ2) is 3.47. The van der Waals surface area contributed by atoms with Crippen molar-refractivity contribution in [3.05, 3.63) is 23.0 Å². The number of thiazole rings is 1. The molecule has 0 spiro atoms. The van der Waals surface area contributed by atoms with Crippen LogP contribution in [0.15, 0.2) is 12.4 Å². The van der Waals surface area contributed by atoms with Crippen molar-refractivity contribution in [1.82, 2.24) is 9.38 Å². The molecule has 4 heteroatoms. The quantitative estimate of drug-likeness (QED) is 0.811. The van der Waals surface area contributed by atoms with Crippen LogP contribution < -0.4 is 5.73 Å². The molecule has 0 saturated carbocycles. The average Bonchev–Trinajstić information content (AvgIpc) is 2.67. The zero-order valence-corrected chi connectivity index (χ0v) is 8.47. The molecule has 2 rings (SSSR count). The van der Waals surface area contributed by atoms with Crippen LogP contribution in [0.3, 0.4) is 0 Å². The van der Waals surface area contributed by atoms with Gasteiger partial charge in [-0.05, 0) is 6.42 Å². The number of imidazole rings is 1. The van der Waals surface area contributed by atoms with E-state index in [1.54, 1.807) is 11.3 Å². The second-order valence-corrected chi connectivity index (χ2v) is 4.07. The molecule has 0 unspecified atom stereocenters. The Kier molecular flexibility index (Phi) is 2.33. The highest BCUT2D eigenvalue weighted by Gasteiger charge is 2.09. The molecule has 0 atom stereocenters. The molecule has 13 heavy (non-hydrogen) atoms. The molecule has 70 valence electrons. The molecule has 0 aromatic carbocycles. The van der Waals surface area contributed by atoms with Crippen molar-refractivity contribution in [2.45, 2.75) is 26.3 Å². The minimum Gasteiger partial charge on any atom is -0.326 e. The van der Waals surface area contributed by atoms with Gasteiger partial charge in [-0.1, -0.05) is 24.7 Å². The van der Waals surface area contributed by atoms with E-state index < -0.39 is 0 Å². The predicted octanol–water partition coefficient (Wildman–Crippen LogP) is 1.81. The summed E-state index contributed by atoms with van der Waals surface area (Å²) in [6, 6.07) is 0. The maximum Gasteiger partial charge on any atom is 0.194 e. The summed E-state index contributed by atoms with van der Waals surface area (Å²) < 4.78 is 2.15. The van der Waals surface area contributed by atoms with Gasteiger partial charge >= 0.3 is 0 Å². The Labute approximate surface area is 81.2 Å². The number of hydrogen-bond acceptors (Lipinski definition) is 3. The first-order valence-electron chi connectivity index (χ1n) is 4.50. The number of aryl methyl sites for hydroxylation is 1. The van der Waals surface area contributed by atoms with Crippen molar-refractivity contribution in [3.63, 3.8) is 0 Å². The van der Waals surface area contributed by atoms with Gasteiger partial charge in [-0.15, -0.1) is 0 Å². The van der Waals surface area contributed by atoms with Gasteiger partial charge in [0.25, 0.3) is 0 Å². The molecule has 0 aliphatic rings. The first-order valence-corrected chi connectivity index (χ1v) is 5.32. The first kappa shape index (κ1) is 8.72. The molecule has 0 fully saturated rings. The monoisotopic (exact) mass is 195 g/mol. The topological polar surface area (TPSA) is 43.3 Å². The maximum absolute atomic E-state index is 5.67. The second-order valence-electron chi connectivity index (χ2n) is 3.01. The number of aromatic nitrogens is 2. The minimum atomic E-state index is 0.628. The summed E-state index contributed by atoms with van der Waals surface area (Å²) >= 11 is 1.70. The zero-order valence-electron chi connectivity index (χ0n) is 7.66. The largest absolute Gasteiger partial charge is 0.326 e. The lowest BCUT2D eigenvalue weighted by molar-refractivity contribution is 0.849. The van der Waals surface area contributed by atoms with Crippen LogP contribution in [0.4, 0.5) is 0 Å². The fraction of sp³-hybridized carbons (Fsp3) is 0.444. The Morgan fingerprint density at radius 3 is 3.15 bits per heavy atom. The Morgan fingerprint density at radius 2 is 2.46 bits per heavy atom. The van der Waals surface area contributed by atoms with Crippen LogP contribution in [-0.4, -0.2) is 9.38 Å². The average molecular weight is 195 g/mol. The Hall–Kier alpha value is -0.870. The van der Waals surface area contributed by atoms with Crippen LogP contribution in [0.1, 0.15) is 23.9 Å². The van der Waals surface area contributed by atoms with Crippen molar-refractivity contribution >= 4 is 16.3 Å². The minimum absolute atomic E-state index is 0.628. The van der Waals surface area contributed by atoms with Crippen molar-refractivity contribution in [3.8, 4) is 0 Å². The third-order valence-corrected chi connectivity index (χ3v) is 3.24. The summed E-state index contributed by atoms with van der Waals surface area (Å²) in [5.74, 6) is 0. The third-order valence-electron chi connectivity index (χ3n) is 2.11. The molecule has 3 nitrogen and oxygen atoms in total. The van der Waals surface area contributed by atoms with E-state index >= 15 is 0 Å². The van der Waals surface area contributed by atoms with Crippen molar-refractivity contribution in [2.75, 3.05) is 0 Å². The highest BCUT2D eigenvalue weighted by molar-refractivity contribution is 7.17. The predicted molar refractivity (Wildman–Crippen MR) is 55.0 cm³/mol. The number of hydrogen-bond donors (Lipinski definition) is 1. The molecular formula is C9H13N3S. The summed E-state index contributed by atoms with van der Waals surface area (Å²) in [7, 11) is 0. The Balaban J connectivity index is 2.56. The molecule has 0 aliphatic carbocycles. The van der Waals surface area contributed by atoms with E-state index in [0.717, 1.165) is 17.8 Å². The van der Waals surface area contributed by atoms with Crippen molar-refractivity contribution in [1.29, 1.82) is 0 Å². The molecule has 0 radical (unpaired) electrons. The van der Waals surface area contributed by atoms with E-state index in [0.29, 0.717) is 6.54 Å². The highest BCUT2D eigenvalue weighted by Crippen LogP contribution is 2.22. The summed E-state index contributed by atoms with van der Waals surface area (Å²) in [5.41, 5.74) is 7.01. The third kappa shape index (κ3) is 1.36. The number of fused-ring (bicyclic) bond motifs is 1. The molecule has 0 amide bonds. The molecule has 0 aliphatic heterocycles. The van der Waals surface area contributed by atoms with Crippen LogP contribution in [0, 0.1) is 0 Å². The number of rotatable bonds is 3. The van der Waals surface area contributed by atoms with Gasteiger partial charge in [0.1, 0.15) is 0 Å². The first-order chi connectivity index (χ1) is 6.36. The van der Waals surface area contributed by atoms with E-state index in [4.69, 9.17) is 5.73 Å². The van der Waals surface area contributed by atoms with Gasteiger partial charge in [0.05, 0.1) is 0 Å². The SMILES string of the molecule is CCCc1c(CN)sc2nccn12. The van der Waals surface area contributed by atoms with Gasteiger partial charge in [-0.2, -0.15) is 0 Å². The maximum atomic E-state index is 5.67. The summed E-state index contributed by atoms with van der Waals surface area (Å²) in [6.07, 6.45) is 6.08. The summed E-state index contributed by atoms with van der Waals surface area (Å²) in [6.45, 7) is 2.81. The van der Waals surface area contributed by atoms with Crippen LogP contribution in [0.2, 0.25) is 0 Å². The van der Waals surface area contributed by atoms with Crippen LogP contribution in [0.5, 0.6) is 0 Å². The van der Waals surface area contributed by atoms with Crippen LogP contribution >= 0.6 is 11.3 Å². The van der Waals surface area contributed by atoms with Gasteiger partial charge in [0.2, 0.25) is 0 Å². The lowest BCUT2D eigenvalue weighted by atomic mass is 10.2. The number of nitrogens with zero attached hydrogens (tertiary/aromatic N) is 2. The van der Waals surface area contributed by atoms with E-state index in [1.807, 2.05) is 12.4 Å². The fourth-order valence-electron chi connectivity index (χ4n) is 1.53. The van der Waals surface area contributed by atoms with Gasteiger partial charge in [-0.25, -0.2) is 4.98 Å². The normalized spacial score (nSPS) is 11.2. The van der Waals surface area contributed by atoms with Crippen LogP contribution in [-0.2, 0) is 13.0 Å². The Bertz CT molecular complexity index is 402. The zero-order chi connectivity index (χ0) is 9.26. The molecule has 2 N–H and O–H groups in total. The molecule has 2 heterocycles. The Morgan fingerprint density at radius 1 is 1.62 bits per heavy atom. The molecule has 0 saturated heterocycles. The van der Waals surface area contributed by atoms with E-state index in [9.17, 15) is 0 Å². The van der Waals surface area contributed by atoms with Gasteiger partial charge < -0.3 is 5.73 Å². The molecule has 2 aromatic rings. The van der Waals surface area contributed by atoms with Crippen molar-refractivity contribution < 1.29 is 0 Å². The summed E-state index contributed by atoms with van der Waals surface area (Å²) in [5, 5.41) is 0. The van der Waals surface area contributed by atoms with E-state index in [-0.39, 0.29) is 0 Å². The lowest BCUT2D eigenvalue weighted by Gasteiger charge is -1.99. The number of nitrogens with two attached hydrogens (primary N) is 1. The molecule has 2 aromatic heterocycles. The van der Waals surface area contributed by atoms with Gasteiger partial charge in [0.15, 0.2) is 4.96 Å². The molecular weight excluding hydrogens is 182 g/mol. The van der Waals surface area contributed by atoms with Crippen molar-refractivity contribution in [2.24, 2.45) is 5.73 Å². The summed E-state index contributed by atoms with van der Waals surface area (Å²) in [4.78, 5) is 6.58. The smallest absolute Gasteiger partial charge is 0.194 e. The fourth-order valence-corrected chi connectivity index (χ4v) is 2.54. The van der Waals surface area contributed by atoms with E-state index in [2.05, 4.69) is 16.3 Å². The van der Waals surface area contributed by atoms with Gasteiger partial charge in [0, 0.05) is 29.5 Å². The van der Waals surface area contributed by atoms with Gasteiger partial charge in [-0.3, -0.25) is 4.40 Å². The lowest BCUT2D eigenvalue weighted by Crippen LogP contribution is -2.00. The molecule has 0 bridgehead atoms. The van der Waals surface area contributed by atoms with E-state index in [1.165, 1.54) is 10.6 Å². The highest BCUT2D eigenvalue weighted by atomic mass is 32.1.